The van der Waals surface area contributed by atoms with Crippen LogP contribution < -0.4 is 5.32 Å². The fourth-order valence-electron chi connectivity index (χ4n) is 3.95. The molecular formula is C21H24FN3O2. The van der Waals surface area contributed by atoms with Crippen molar-refractivity contribution in [3.8, 4) is 16.9 Å². The van der Waals surface area contributed by atoms with Crippen molar-refractivity contribution in [1.82, 2.24) is 15.1 Å². The highest BCUT2D eigenvalue weighted by molar-refractivity contribution is 5.94. The molecule has 5 nitrogen and oxygen atoms in total. The Kier molecular flexibility index (Phi) is 5.09. The summed E-state index contributed by atoms with van der Waals surface area (Å²) in [6.07, 6.45) is 1.18. The molecule has 0 saturated carbocycles. The summed E-state index contributed by atoms with van der Waals surface area (Å²) in [5, 5.41) is 12.7. The highest BCUT2D eigenvalue weighted by Gasteiger charge is 2.28. The summed E-state index contributed by atoms with van der Waals surface area (Å²) in [5.74, 6) is -0.556. The van der Waals surface area contributed by atoms with Gasteiger partial charge in [0.05, 0.1) is 0 Å². The SMILES string of the molecule is O=C(c1ccc(-c2ccc(O)cc2F)cc1)N1CCN([C@@H]2CCNC2)CC1. The average Bonchev–Trinajstić information content (AvgIpc) is 3.23. The maximum Gasteiger partial charge on any atom is 0.253 e. The van der Waals surface area contributed by atoms with Crippen LogP contribution in [-0.4, -0.2) is 66.1 Å². The Hall–Kier alpha value is -2.44. The largest absolute Gasteiger partial charge is 0.508 e. The van der Waals surface area contributed by atoms with Crippen molar-refractivity contribution < 1.29 is 14.3 Å². The topological polar surface area (TPSA) is 55.8 Å². The zero-order valence-corrected chi connectivity index (χ0v) is 15.2. The summed E-state index contributed by atoms with van der Waals surface area (Å²) < 4.78 is 14.0. The monoisotopic (exact) mass is 369 g/mol. The first kappa shape index (κ1) is 17.9. The van der Waals surface area contributed by atoms with Crippen LogP contribution in [0.5, 0.6) is 5.75 Å². The number of phenolic OH excluding ortho intramolecular Hbond substituents is 1. The third kappa shape index (κ3) is 3.82. The fraction of sp³-hybridized carbons (Fsp3) is 0.381. The Morgan fingerprint density at radius 2 is 1.81 bits per heavy atom. The van der Waals surface area contributed by atoms with Gasteiger partial charge in [-0.2, -0.15) is 0 Å². The number of hydrogen-bond donors (Lipinski definition) is 2. The third-order valence-electron chi connectivity index (χ3n) is 5.55. The van der Waals surface area contributed by atoms with E-state index in [9.17, 15) is 14.3 Å². The molecule has 2 aromatic rings. The van der Waals surface area contributed by atoms with Gasteiger partial charge in [-0.3, -0.25) is 9.69 Å². The van der Waals surface area contributed by atoms with E-state index in [1.165, 1.54) is 12.5 Å². The van der Waals surface area contributed by atoms with Gasteiger partial charge in [-0.25, -0.2) is 4.39 Å². The van der Waals surface area contributed by atoms with Gasteiger partial charge in [0.15, 0.2) is 0 Å². The zero-order chi connectivity index (χ0) is 18.8. The maximum absolute atomic E-state index is 14.0. The van der Waals surface area contributed by atoms with Crippen LogP contribution in [0.3, 0.4) is 0 Å². The first-order valence-electron chi connectivity index (χ1n) is 9.45. The number of benzene rings is 2. The van der Waals surface area contributed by atoms with Gasteiger partial charge in [-0.1, -0.05) is 12.1 Å². The molecule has 2 aromatic carbocycles. The summed E-state index contributed by atoms with van der Waals surface area (Å²) in [7, 11) is 0. The van der Waals surface area contributed by atoms with Crippen molar-refractivity contribution in [2.24, 2.45) is 0 Å². The molecule has 2 aliphatic rings. The number of carbonyl (C=O) groups excluding carboxylic acids is 1. The molecule has 2 aliphatic heterocycles. The summed E-state index contributed by atoms with van der Waals surface area (Å²) in [4.78, 5) is 17.1. The second kappa shape index (κ2) is 7.66. The molecule has 2 saturated heterocycles. The molecule has 2 N–H and O–H groups in total. The van der Waals surface area contributed by atoms with Gasteiger partial charge in [0, 0.05) is 56.0 Å². The standard InChI is InChI=1S/C21H24FN3O2/c22-20-13-18(26)5-6-19(20)15-1-3-16(4-2-15)21(27)25-11-9-24(10-12-25)17-7-8-23-14-17/h1-6,13,17,23,26H,7-12,14H2/t17-/m1/s1. The number of aromatic hydroxyl groups is 1. The van der Waals surface area contributed by atoms with E-state index in [4.69, 9.17) is 0 Å². The lowest BCUT2D eigenvalue weighted by molar-refractivity contribution is 0.0584. The van der Waals surface area contributed by atoms with E-state index in [-0.39, 0.29) is 11.7 Å². The minimum Gasteiger partial charge on any atom is -0.508 e. The Morgan fingerprint density at radius 1 is 1.07 bits per heavy atom. The van der Waals surface area contributed by atoms with Gasteiger partial charge in [0.2, 0.25) is 0 Å². The first-order valence-corrected chi connectivity index (χ1v) is 9.45. The van der Waals surface area contributed by atoms with Crippen molar-refractivity contribution >= 4 is 5.91 Å². The number of carbonyl (C=O) groups is 1. The second-order valence-electron chi connectivity index (χ2n) is 7.22. The number of amides is 1. The Bertz CT molecular complexity index is 811. The lowest BCUT2D eigenvalue weighted by Gasteiger charge is -2.37. The lowest BCUT2D eigenvalue weighted by Crippen LogP contribution is -2.52. The molecule has 6 heteroatoms. The van der Waals surface area contributed by atoms with Gasteiger partial charge < -0.3 is 15.3 Å². The molecule has 0 unspecified atom stereocenters. The highest BCUT2D eigenvalue weighted by Crippen LogP contribution is 2.26. The molecule has 0 bridgehead atoms. The van der Waals surface area contributed by atoms with E-state index < -0.39 is 5.82 Å². The van der Waals surface area contributed by atoms with Crippen LogP contribution in [0, 0.1) is 5.82 Å². The van der Waals surface area contributed by atoms with Crippen LogP contribution in [0.1, 0.15) is 16.8 Å². The molecule has 27 heavy (non-hydrogen) atoms. The number of hydrogen-bond acceptors (Lipinski definition) is 4. The predicted molar refractivity (Wildman–Crippen MR) is 102 cm³/mol. The number of piperazine rings is 1. The molecule has 0 spiro atoms. The minimum atomic E-state index is -0.480. The smallest absolute Gasteiger partial charge is 0.253 e. The Labute approximate surface area is 158 Å². The van der Waals surface area contributed by atoms with E-state index in [0.717, 1.165) is 45.3 Å². The Balaban J connectivity index is 1.41. The predicted octanol–water partition coefficient (Wildman–Crippen LogP) is 2.32. The normalized spacial score (nSPS) is 20.8. The van der Waals surface area contributed by atoms with Crippen LogP contribution in [0.4, 0.5) is 4.39 Å². The van der Waals surface area contributed by atoms with Crippen LogP contribution in [-0.2, 0) is 0 Å². The van der Waals surface area contributed by atoms with E-state index >= 15 is 0 Å². The van der Waals surface area contributed by atoms with Crippen molar-refractivity contribution in [2.75, 3.05) is 39.3 Å². The van der Waals surface area contributed by atoms with Gasteiger partial charge in [0.25, 0.3) is 5.91 Å². The minimum absolute atomic E-state index is 0.0249. The highest BCUT2D eigenvalue weighted by atomic mass is 19.1. The van der Waals surface area contributed by atoms with Crippen LogP contribution in [0.2, 0.25) is 0 Å². The van der Waals surface area contributed by atoms with Crippen molar-refractivity contribution in [3.05, 3.63) is 53.8 Å². The molecule has 1 amide bonds. The number of phenols is 1. The van der Waals surface area contributed by atoms with Crippen LogP contribution >= 0.6 is 0 Å². The Morgan fingerprint density at radius 3 is 2.44 bits per heavy atom. The molecule has 4 rings (SSSR count). The molecule has 2 fully saturated rings. The van der Waals surface area contributed by atoms with E-state index in [1.807, 2.05) is 4.90 Å². The average molecular weight is 369 g/mol. The number of halogens is 1. The van der Waals surface area contributed by atoms with Crippen LogP contribution in [0.25, 0.3) is 11.1 Å². The van der Waals surface area contributed by atoms with Gasteiger partial charge >= 0.3 is 0 Å². The van der Waals surface area contributed by atoms with Gasteiger partial charge in [-0.15, -0.1) is 0 Å². The van der Waals surface area contributed by atoms with Crippen molar-refractivity contribution in [1.29, 1.82) is 0 Å². The molecule has 2 heterocycles. The first-order chi connectivity index (χ1) is 13.1. The second-order valence-corrected chi connectivity index (χ2v) is 7.22. The quantitative estimate of drug-likeness (QED) is 0.872. The number of nitrogens with one attached hydrogen (secondary N) is 1. The molecule has 142 valence electrons. The molecule has 0 radical (unpaired) electrons. The van der Waals surface area contributed by atoms with Crippen LogP contribution in [0.15, 0.2) is 42.5 Å². The van der Waals surface area contributed by atoms with E-state index in [0.29, 0.717) is 22.7 Å². The maximum atomic E-state index is 14.0. The molecular weight excluding hydrogens is 345 g/mol. The molecule has 1 atom stereocenters. The van der Waals surface area contributed by atoms with Gasteiger partial charge in [0.1, 0.15) is 11.6 Å². The molecule has 0 aromatic heterocycles. The summed E-state index contributed by atoms with van der Waals surface area (Å²) >= 11 is 0. The van der Waals surface area contributed by atoms with E-state index in [2.05, 4.69) is 10.2 Å². The third-order valence-corrected chi connectivity index (χ3v) is 5.55. The summed E-state index contributed by atoms with van der Waals surface area (Å²) in [5.41, 5.74) is 1.71. The lowest BCUT2D eigenvalue weighted by atomic mass is 10.0. The zero-order valence-electron chi connectivity index (χ0n) is 15.2. The number of rotatable bonds is 3. The van der Waals surface area contributed by atoms with Crippen molar-refractivity contribution in [3.63, 3.8) is 0 Å². The fourth-order valence-corrected chi connectivity index (χ4v) is 3.95. The summed E-state index contributed by atoms with van der Waals surface area (Å²) in [6, 6.07) is 11.7. The molecule has 0 aliphatic carbocycles. The summed E-state index contributed by atoms with van der Waals surface area (Å²) in [6.45, 7) is 5.43. The number of nitrogens with zero attached hydrogens (tertiary/aromatic N) is 2. The van der Waals surface area contributed by atoms with Gasteiger partial charge in [-0.05, 0) is 42.8 Å². The van der Waals surface area contributed by atoms with Crippen molar-refractivity contribution in [2.45, 2.75) is 12.5 Å². The van der Waals surface area contributed by atoms with E-state index in [1.54, 1.807) is 30.3 Å².